The summed E-state index contributed by atoms with van der Waals surface area (Å²) >= 11 is 0. The van der Waals surface area contributed by atoms with Gasteiger partial charge in [0.05, 0.1) is 11.2 Å². The van der Waals surface area contributed by atoms with Crippen molar-refractivity contribution in [1.29, 1.82) is 0 Å². The van der Waals surface area contributed by atoms with E-state index in [2.05, 4.69) is 4.98 Å². The fourth-order valence-corrected chi connectivity index (χ4v) is 2.08. The van der Waals surface area contributed by atoms with Crippen LogP contribution >= 0.6 is 0 Å². The van der Waals surface area contributed by atoms with Crippen molar-refractivity contribution in [2.75, 3.05) is 0 Å². The van der Waals surface area contributed by atoms with Gasteiger partial charge in [0, 0.05) is 0 Å². The number of fused-ring (bicyclic) bond motifs is 1. The number of phenolic OH excluding ortho intramolecular Hbond substituents is 2. The lowest BCUT2D eigenvalue weighted by Gasteiger charge is -2.07. The van der Waals surface area contributed by atoms with Crippen LogP contribution in [0.3, 0.4) is 0 Å². The highest BCUT2D eigenvalue weighted by Crippen LogP contribution is 2.18. The molecular formula is C14H10N2O4. The average molecular weight is 270 g/mol. The van der Waals surface area contributed by atoms with Crippen LogP contribution in [-0.4, -0.2) is 19.8 Å². The molecular weight excluding hydrogens is 260 g/mol. The summed E-state index contributed by atoms with van der Waals surface area (Å²) in [6.07, 6.45) is 0. The van der Waals surface area contributed by atoms with Gasteiger partial charge in [-0.3, -0.25) is 4.79 Å². The van der Waals surface area contributed by atoms with Crippen molar-refractivity contribution >= 4 is 10.9 Å². The van der Waals surface area contributed by atoms with Gasteiger partial charge in [0.25, 0.3) is 5.56 Å². The Balaban J connectivity index is 2.43. The van der Waals surface area contributed by atoms with Gasteiger partial charge >= 0.3 is 5.69 Å². The second kappa shape index (κ2) is 4.27. The molecule has 20 heavy (non-hydrogen) atoms. The third kappa shape index (κ3) is 1.74. The topological polar surface area (TPSA) is 95.3 Å². The van der Waals surface area contributed by atoms with Crippen LogP contribution in [0.2, 0.25) is 0 Å². The van der Waals surface area contributed by atoms with E-state index in [0.29, 0.717) is 5.69 Å². The molecule has 6 nitrogen and oxygen atoms in total. The Kier molecular flexibility index (Phi) is 2.57. The monoisotopic (exact) mass is 270 g/mol. The molecule has 0 atom stereocenters. The molecule has 0 aliphatic rings. The number of hydrogen-bond donors (Lipinski definition) is 3. The summed E-state index contributed by atoms with van der Waals surface area (Å²) in [5, 5.41) is 19.1. The van der Waals surface area contributed by atoms with Gasteiger partial charge in [-0.1, -0.05) is 6.07 Å². The molecule has 3 rings (SSSR count). The molecule has 3 N–H and O–H groups in total. The number of nitrogens with one attached hydrogen (secondary N) is 1. The Morgan fingerprint density at radius 3 is 2.35 bits per heavy atom. The maximum Gasteiger partial charge on any atom is 0.333 e. The minimum Gasteiger partial charge on any atom is -0.508 e. The van der Waals surface area contributed by atoms with Gasteiger partial charge < -0.3 is 15.2 Å². The third-order valence-corrected chi connectivity index (χ3v) is 3.01. The van der Waals surface area contributed by atoms with Crippen LogP contribution in [0.25, 0.3) is 16.6 Å². The molecule has 0 spiro atoms. The molecule has 0 aliphatic heterocycles. The first-order chi connectivity index (χ1) is 9.58. The van der Waals surface area contributed by atoms with E-state index in [1.54, 1.807) is 6.07 Å². The lowest BCUT2D eigenvalue weighted by Crippen LogP contribution is -2.33. The quantitative estimate of drug-likeness (QED) is 0.616. The van der Waals surface area contributed by atoms with Crippen LogP contribution in [-0.2, 0) is 0 Å². The van der Waals surface area contributed by atoms with E-state index < -0.39 is 11.2 Å². The van der Waals surface area contributed by atoms with Gasteiger partial charge in [0.15, 0.2) is 0 Å². The van der Waals surface area contributed by atoms with Crippen LogP contribution < -0.4 is 11.2 Å². The van der Waals surface area contributed by atoms with Crippen LogP contribution in [0.4, 0.5) is 0 Å². The maximum atomic E-state index is 12.4. The number of aromatic amines is 1. The molecule has 0 unspecified atom stereocenters. The maximum absolute atomic E-state index is 12.4. The number of benzene rings is 2. The van der Waals surface area contributed by atoms with Crippen molar-refractivity contribution in [3.8, 4) is 17.2 Å². The first-order valence-corrected chi connectivity index (χ1v) is 5.84. The molecule has 1 heterocycles. The van der Waals surface area contributed by atoms with Crippen molar-refractivity contribution in [3.05, 3.63) is 63.3 Å². The Bertz CT molecular complexity index is 907. The van der Waals surface area contributed by atoms with Crippen LogP contribution in [0.5, 0.6) is 11.5 Å². The SMILES string of the molecule is O=c1[nH]c2cccc(O)c2c(=O)n1-c1ccc(O)cc1. The summed E-state index contributed by atoms with van der Waals surface area (Å²) < 4.78 is 0.904. The lowest BCUT2D eigenvalue weighted by molar-refractivity contribution is 0.475. The Hall–Kier alpha value is -3.02. The minimum absolute atomic E-state index is 0.0295. The van der Waals surface area contributed by atoms with Gasteiger partial charge in [-0.2, -0.15) is 0 Å². The summed E-state index contributed by atoms with van der Waals surface area (Å²) in [6, 6.07) is 10.1. The molecule has 6 heteroatoms. The minimum atomic E-state index is -0.618. The highest BCUT2D eigenvalue weighted by molar-refractivity contribution is 5.83. The lowest BCUT2D eigenvalue weighted by atomic mass is 10.2. The normalized spacial score (nSPS) is 10.8. The van der Waals surface area contributed by atoms with E-state index in [0.717, 1.165) is 4.57 Å². The summed E-state index contributed by atoms with van der Waals surface area (Å²) in [4.78, 5) is 26.9. The molecule has 0 aliphatic carbocycles. The Labute approximate surface area is 112 Å². The molecule has 0 radical (unpaired) electrons. The third-order valence-electron chi connectivity index (χ3n) is 3.01. The average Bonchev–Trinajstić information content (AvgIpc) is 2.40. The van der Waals surface area contributed by atoms with Gasteiger partial charge in [0.2, 0.25) is 0 Å². The fraction of sp³-hybridized carbons (Fsp3) is 0. The van der Waals surface area contributed by atoms with Crippen molar-refractivity contribution in [2.45, 2.75) is 0 Å². The number of H-pyrrole nitrogens is 1. The predicted molar refractivity (Wildman–Crippen MR) is 73.5 cm³/mol. The molecule has 1 aromatic heterocycles. The largest absolute Gasteiger partial charge is 0.508 e. The van der Waals surface area contributed by atoms with Gasteiger partial charge in [-0.15, -0.1) is 0 Å². The summed E-state index contributed by atoms with van der Waals surface area (Å²) in [6.45, 7) is 0. The van der Waals surface area contributed by atoms with Crippen molar-refractivity contribution in [1.82, 2.24) is 9.55 Å². The molecule has 0 saturated heterocycles. The summed E-state index contributed by atoms with van der Waals surface area (Å²) in [5.41, 5.74) is -0.652. The van der Waals surface area contributed by atoms with Crippen molar-refractivity contribution in [3.63, 3.8) is 0 Å². The first kappa shape index (κ1) is 12.0. The van der Waals surface area contributed by atoms with E-state index in [9.17, 15) is 19.8 Å². The molecule has 0 fully saturated rings. The zero-order valence-electron chi connectivity index (χ0n) is 10.2. The molecule has 2 aromatic carbocycles. The second-order valence-electron chi connectivity index (χ2n) is 4.29. The van der Waals surface area contributed by atoms with E-state index in [-0.39, 0.29) is 22.4 Å². The van der Waals surface area contributed by atoms with E-state index in [1.165, 1.54) is 36.4 Å². The van der Waals surface area contributed by atoms with Crippen molar-refractivity contribution < 1.29 is 10.2 Å². The molecule has 3 aromatic rings. The van der Waals surface area contributed by atoms with E-state index >= 15 is 0 Å². The predicted octanol–water partition coefficient (Wildman–Crippen LogP) is 1.09. The highest BCUT2D eigenvalue weighted by Gasteiger charge is 2.12. The first-order valence-electron chi connectivity index (χ1n) is 5.84. The Morgan fingerprint density at radius 2 is 1.65 bits per heavy atom. The summed E-state index contributed by atoms with van der Waals surface area (Å²) in [5.74, 6) is -0.168. The van der Waals surface area contributed by atoms with E-state index in [4.69, 9.17) is 0 Å². The molecule has 0 saturated carbocycles. The zero-order chi connectivity index (χ0) is 14.3. The number of nitrogens with zero attached hydrogens (tertiary/aromatic N) is 1. The molecule has 0 amide bonds. The van der Waals surface area contributed by atoms with Crippen molar-refractivity contribution in [2.24, 2.45) is 0 Å². The number of aromatic hydroxyl groups is 2. The van der Waals surface area contributed by atoms with Crippen LogP contribution in [0.15, 0.2) is 52.1 Å². The second-order valence-corrected chi connectivity index (χ2v) is 4.29. The van der Waals surface area contributed by atoms with Crippen LogP contribution in [0.1, 0.15) is 0 Å². The van der Waals surface area contributed by atoms with Gasteiger partial charge in [-0.25, -0.2) is 9.36 Å². The Morgan fingerprint density at radius 1 is 0.950 bits per heavy atom. The standard InChI is InChI=1S/C14H10N2O4/c17-9-6-4-8(5-7-9)16-13(19)12-10(15-14(16)20)2-1-3-11(12)18/h1-7,17-18H,(H,15,20). The number of rotatable bonds is 1. The van der Waals surface area contributed by atoms with Crippen LogP contribution in [0, 0.1) is 0 Å². The fourth-order valence-electron chi connectivity index (χ4n) is 2.08. The summed E-state index contributed by atoms with van der Waals surface area (Å²) in [7, 11) is 0. The number of hydrogen-bond acceptors (Lipinski definition) is 4. The smallest absolute Gasteiger partial charge is 0.333 e. The van der Waals surface area contributed by atoms with Gasteiger partial charge in [-0.05, 0) is 36.4 Å². The van der Waals surface area contributed by atoms with Gasteiger partial charge in [0.1, 0.15) is 16.9 Å². The molecule has 0 bridgehead atoms. The number of phenols is 2. The van der Waals surface area contributed by atoms with E-state index in [1.807, 2.05) is 0 Å². The zero-order valence-corrected chi connectivity index (χ0v) is 10.2. The number of aromatic nitrogens is 2. The molecule has 100 valence electrons. The highest BCUT2D eigenvalue weighted by atomic mass is 16.3.